The number of benzene rings is 1. The SMILES string of the molecule is Cc1cc([N+](=O)[O-])c(N2CC(Cl)CC2=O)c([N+](=O)[O-])c1. The Kier molecular flexibility index (Phi) is 3.58. The number of rotatable bonds is 3. The van der Waals surface area contributed by atoms with Gasteiger partial charge in [-0.05, 0) is 12.5 Å². The lowest BCUT2D eigenvalue weighted by Gasteiger charge is -2.16. The Hall–Kier alpha value is -2.22. The second kappa shape index (κ2) is 5.04. The predicted octanol–water partition coefficient (Wildman–Crippen LogP) is 2.16. The van der Waals surface area contributed by atoms with E-state index in [2.05, 4.69) is 0 Å². The van der Waals surface area contributed by atoms with Crippen LogP contribution in [-0.2, 0) is 4.79 Å². The number of amides is 1. The smallest absolute Gasteiger partial charge is 0.299 e. The quantitative estimate of drug-likeness (QED) is 0.483. The zero-order valence-electron chi connectivity index (χ0n) is 10.4. The van der Waals surface area contributed by atoms with Gasteiger partial charge in [0.2, 0.25) is 11.6 Å². The van der Waals surface area contributed by atoms with Crippen molar-refractivity contribution in [3.05, 3.63) is 37.9 Å². The molecule has 106 valence electrons. The van der Waals surface area contributed by atoms with Crippen molar-refractivity contribution in [1.29, 1.82) is 0 Å². The van der Waals surface area contributed by atoms with Gasteiger partial charge in [-0.3, -0.25) is 29.9 Å². The first-order valence-corrected chi connectivity index (χ1v) is 6.12. The van der Waals surface area contributed by atoms with E-state index in [9.17, 15) is 25.0 Å². The molecular weight excluding hydrogens is 290 g/mol. The number of anilines is 1. The average molecular weight is 300 g/mol. The number of alkyl halides is 1. The van der Waals surface area contributed by atoms with Crippen LogP contribution in [0.1, 0.15) is 12.0 Å². The number of nitro benzene ring substituents is 2. The second-order valence-electron chi connectivity index (χ2n) is 4.47. The lowest BCUT2D eigenvalue weighted by Crippen LogP contribution is -2.26. The van der Waals surface area contributed by atoms with Gasteiger partial charge in [-0.15, -0.1) is 11.6 Å². The number of carbonyl (C=O) groups excluding carboxylic acids is 1. The first-order chi connectivity index (χ1) is 9.31. The summed E-state index contributed by atoms with van der Waals surface area (Å²) in [6.07, 6.45) is 0.00371. The summed E-state index contributed by atoms with van der Waals surface area (Å²) in [4.78, 5) is 33.6. The molecule has 1 aromatic carbocycles. The summed E-state index contributed by atoms with van der Waals surface area (Å²) in [5.74, 6) is -0.458. The zero-order valence-corrected chi connectivity index (χ0v) is 11.2. The van der Waals surface area contributed by atoms with Crippen LogP contribution in [0.25, 0.3) is 0 Å². The third kappa shape index (κ3) is 2.42. The Labute approximate surface area is 118 Å². The van der Waals surface area contributed by atoms with Crippen LogP contribution >= 0.6 is 11.6 Å². The fraction of sp³-hybridized carbons (Fsp3) is 0.364. The van der Waals surface area contributed by atoms with Crippen molar-refractivity contribution in [3.63, 3.8) is 0 Å². The molecule has 1 aliphatic rings. The van der Waals surface area contributed by atoms with Gasteiger partial charge in [-0.1, -0.05) is 0 Å². The molecular formula is C11H10ClN3O5. The summed E-state index contributed by atoms with van der Waals surface area (Å²) in [5, 5.41) is 21.7. The molecule has 0 spiro atoms. The van der Waals surface area contributed by atoms with E-state index in [1.165, 1.54) is 19.1 Å². The molecule has 1 aromatic rings. The highest BCUT2D eigenvalue weighted by molar-refractivity contribution is 6.24. The Balaban J connectivity index is 2.68. The van der Waals surface area contributed by atoms with Crippen LogP contribution in [0.5, 0.6) is 0 Å². The molecule has 1 aliphatic heterocycles. The van der Waals surface area contributed by atoms with Crippen molar-refractivity contribution in [2.45, 2.75) is 18.7 Å². The maximum atomic E-state index is 11.8. The number of carbonyl (C=O) groups is 1. The fourth-order valence-electron chi connectivity index (χ4n) is 2.18. The molecule has 0 N–H and O–H groups in total. The fourth-order valence-corrected chi connectivity index (χ4v) is 2.45. The second-order valence-corrected chi connectivity index (χ2v) is 5.09. The summed E-state index contributed by atoms with van der Waals surface area (Å²) in [5.41, 5.74) is -0.841. The number of nitrogens with zero attached hydrogens (tertiary/aromatic N) is 3. The minimum Gasteiger partial charge on any atom is -0.299 e. The Morgan fingerprint density at radius 1 is 1.25 bits per heavy atom. The molecule has 0 bridgehead atoms. The van der Waals surface area contributed by atoms with E-state index in [0.717, 1.165) is 4.90 Å². The van der Waals surface area contributed by atoms with Crippen LogP contribution in [0.3, 0.4) is 0 Å². The summed E-state index contributed by atoms with van der Waals surface area (Å²) >= 11 is 5.84. The van der Waals surface area contributed by atoms with Gasteiger partial charge < -0.3 is 0 Å². The van der Waals surface area contributed by atoms with Crippen molar-refractivity contribution in [1.82, 2.24) is 0 Å². The minimum absolute atomic E-state index is 0.00371. The highest BCUT2D eigenvalue weighted by Crippen LogP contribution is 2.40. The molecule has 20 heavy (non-hydrogen) atoms. The largest absolute Gasteiger partial charge is 0.300 e. The van der Waals surface area contributed by atoms with Crippen molar-refractivity contribution in [2.24, 2.45) is 0 Å². The highest BCUT2D eigenvalue weighted by Gasteiger charge is 2.38. The average Bonchev–Trinajstić information content (AvgIpc) is 2.66. The lowest BCUT2D eigenvalue weighted by atomic mass is 10.1. The lowest BCUT2D eigenvalue weighted by molar-refractivity contribution is -0.392. The van der Waals surface area contributed by atoms with Crippen LogP contribution in [0, 0.1) is 27.2 Å². The monoisotopic (exact) mass is 299 g/mol. The highest BCUT2D eigenvalue weighted by atomic mass is 35.5. The molecule has 0 saturated carbocycles. The zero-order chi connectivity index (χ0) is 15.0. The number of hydrogen-bond acceptors (Lipinski definition) is 5. The van der Waals surface area contributed by atoms with E-state index in [0.29, 0.717) is 5.56 Å². The summed E-state index contributed by atoms with van der Waals surface area (Å²) < 4.78 is 0. The van der Waals surface area contributed by atoms with Gasteiger partial charge in [0.25, 0.3) is 11.4 Å². The summed E-state index contributed by atoms with van der Waals surface area (Å²) in [7, 11) is 0. The number of nitro groups is 2. The third-order valence-electron chi connectivity index (χ3n) is 2.96. The molecule has 0 aromatic heterocycles. The molecule has 0 radical (unpaired) electrons. The van der Waals surface area contributed by atoms with Crippen LogP contribution in [0.4, 0.5) is 17.1 Å². The maximum absolute atomic E-state index is 11.8. The van der Waals surface area contributed by atoms with Crippen LogP contribution in [0.2, 0.25) is 0 Å². The molecule has 1 heterocycles. The van der Waals surface area contributed by atoms with Gasteiger partial charge in [0.1, 0.15) is 0 Å². The Morgan fingerprint density at radius 2 is 1.75 bits per heavy atom. The van der Waals surface area contributed by atoms with E-state index in [-0.39, 0.29) is 18.7 Å². The van der Waals surface area contributed by atoms with Crippen molar-refractivity contribution >= 4 is 34.6 Å². The normalized spacial score (nSPS) is 18.4. The van der Waals surface area contributed by atoms with Crippen LogP contribution in [0.15, 0.2) is 12.1 Å². The van der Waals surface area contributed by atoms with Gasteiger partial charge in [-0.2, -0.15) is 0 Å². The molecule has 1 atom stereocenters. The van der Waals surface area contributed by atoms with Crippen LogP contribution in [-0.4, -0.2) is 27.7 Å². The van der Waals surface area contributed by atoms with Gasteiger partial charge in [0.15, 0.2) is 0 Å². The van der Waals surface area contributed by atoms with Gasteiger partial charge in [0.05, 0.1) is 15.2 Å². The molecule has 1 amide bonds. The Morgan fingerprint density at radius 3 is 2.10 bits per heavy atom. The van der Waals surface area contributed by atoms with E-state index in [1.807, 2.05) is 0 Å². The van der Waals surface area contributed by atoms with E-state index >= 15 is 0 Å². The van der Waals surface area contributed by atoms with Crippen LogP contribution < -0.4 is 4.90 Å². The first kappa shape index (κ1) is 14.2. The molecule has 1 saturated heterocycles. The van der Waals surface area contributed by atoms with Crippen molar-refractivity contribution in [3.8, 4) is 0 Å². The van der Waals surface area contributed by atoms with Gasteiger partial charge >= 0.3 is 0 Å². The molecule has 0 aliphatic carbocycles. The first-order valence-electron chi connectivity index (χ1n) is 5.69. The predicted molar refractivity (Wildman–Crippen MR) is 71.1 cm³/mol. The summed E-state index contributed by atoms with van der Waals surface area (Å²) in [6, 6.07) is 2.41. The third-order valence-corrected chi connectivity index (χ3v) is 3.25. The number of hydrogen-bond donors (Lipinski definition) is 0. The van der Waals surface area contributed by atoms with Crippen molar-refractivity contribution < 1.29 is 14.6 Å². The molecule has 8 nitrogen and oxygen atoms in total. The molecule has 2 rings (SSSR count). The maximum Gasteiger partial charge on any atom is 0.300 e. The standard InChI is InChI=1S/C11H10ClN3O5/c1-6-2-8(14(17)18)11(9(3-6)15(19)20)13-5-7(12)4-10(13)16/h2-3,7H,4-5H2,1H3. The van der Waals surface area contributed by atoms with Crippen molar-refractivity contribution in [2.75, 3.05) is 11.4 Å². The van der Waals surface area contributed by atoms with Gasteiger partial charge in [0, 0.05) is 25.1 Å². The van der Waals surface area contributed by atoms with Gasteiger partial charge in [-0.25, -0.2) is 0 Å². The minimum atomic E-state index is -0.732. The summed E-state index contributed by atoms with van der Waals surface area (Å²) in [6.45, 7) is 1.53. The number of halogens is 1. The Bertz CT molecular complexity index is 583. The molecule has 9 heteroatoms. The van der Waals surface area contributed by atoms with E-state index < -0.39 is 32.5 Å². The molecule has 1 unspecified atom stereocenters. The topological polar surface area (TPSA) is 107 Å². The van der Waals surface area contributed by atoms with E-state index in [1.54, 1.807) is 0 Å². The molecule has 1 fully saturated rings. The van der Waals surface area contributed by atoms with E-state index in [4.69, 9.17) is 11.6 Å². The number of aryl methyl sites for hydroxylation is 1.